The van der Waals surface area contributed by atoms with Crippen LogP contribution in [0.2, 0.25) is 10.0 Å². The molecule has 0 spiro atoms. The van der Waals surface area contributed by atoms with Gasteiger partial charge in [0.2, 0.25) is 5.88 Å². The van der Waals surface area contributed by atoms with Gasteiger partial charge in [0.1, 0.15) is 5.03 Å². The average molecular weight is 329 g/mol. The molecule has 1 aromatic heterocycles. The van der Waals surface area contributed by atoms with Crippen LogP contribution in [0, 0.1) is 0 Å². The standard InChI is InChI=1S/C14H14Cl2N2OS/c1-2-7-19-14-11(17)5-6-13(18-14)20-12-8-9(15)3-4-10(12)16/h3-6,8H,2,7,17H2,1H3. The number of hydrogen-bond acceptors (Lipinski definition) is 4. The predicted molar refractivity (Wildman–Crippen MR) is 85.0 cm³/mol. The molecule has 0 amide bonds. The Hall–Kier alpha value is -1.10. The van der Waals surface area contributed by atoms with Crippen LogP contribution < -0.4 is 10.5 Å². The van der Waals surface area contributed by atoms with E-state index in [2.05, 4.69) is 4.98 Å². The van der Waals surface area contributed by atoms with E-state index in [1.54, 1.807) is 24.3 Å². The van der Waals surface area contributed by atoms with E-state index in [4.69, 9.17) is 33.7 Å². The molecule has 2 N–H and O–H groups in total. The molecule has 0 aliphatic rings. The van der Waals surface area contributed by atoms with Gasteiger partial charge in [0.15, 0.2) is 0 Å². The van der Waals surface area contributed by atoms with Gasteiger partial charge in [0, 0.05) is 9.92 Å². The zero-order valence-corrected chi connectivity index (χ0v) is 13.2. The lowest BCUT2D eigenvalue weighted by atomic mass is 10.4. The van der Waals surface area contributed by atoms with Crippen LogP contribution in [0.3, 0.4) is 0 Å². The molecule has 2 rings (SSSR count). The van der Waals surface area contributed by atoms with E-state index >= 15 is 0 Å². The molecule has 3 nitrogen and oxygen atoms in total. The average Bonchev–Trinajstić information content (AvgIpc) is 2.43. The minimum absolute atomic E-state index is 0.454. The minimum atomic E-state index is 0.454. The molecule has 6 heteroatoms. The molecule has 0 unspecified atom stereocenters. The highest BCUT2D eigenvalue weighted by atomic mass is 35.5. The SMILES string of the molecule is CCCOc1nc(Sc2cc(Cl)ccc2Cl)ccc1N. The van der Waals surface area contributed by atoms with E-state index in [9.17, 15) is 0 Å². The maximum absolute atomic E-state index is 6.14. The number of nitrogens with two attached hydrogens (primary N) is 1. The summed E-state index contributed by atoms with van der Waals surface area (Å²) >= 11 is 13.5. The number of rotatable bonds is 5. The van der Waals surface area contributed by atoms with E-state index in [1.165, 1.54) is 11.8 Å². The van der Waals surface area contributed by atoms with E-state index in [0.717, 1.165) is 16.3 Å². The minimum Gasteiger partial charge on any atom is -0.476 e. The van der Waals surface area contributed by atoms with Crippen LogP contribution in [0.5, 0.6) is 5.88 Å². The lowest BCUT2D eigenvalue weighted by Gasteiger charge is -2.09. The first-order valence-electron chi connectivity index (χ1n) is 6.12. The highest BCUT2D eigenvalue weighted by Crippen LogP contribution is 2.35. The molecule has 0 aliphatic heterocycles. The first-order valence-corrected chi connectivity index (χ1v) is 7.69. The molecule has 0 fully saturated rings. The third-order valence-corrected chi connectivity index (χ3v) is 4.09. The second-order valence-corrected chi connectivity index (χ2v) is 5.97. The van der Waals surface area contributed by atoms with Gasteiger partial charge >= 0.3 is 0 Å². The molecular weight excluding hydrogens is 315 g/mol. The summed E-state index contributed by atoms with van der Waals surface area (Å²) in [6.45, 7) is 2.61. The lowest BCUT2D eigenvalue weighted by molar-refractivity contribution is 0.305. The molecule has 0 atom stereocenters. The third kappa shape index (κ3) is 3.95. The van der Waals surface area contributed by atoms with Crippen molar-refractivity contribution in [2.75, 3.05) is 12.3 Å². The fourth-order valence-corrected chi connectivity index (χ4v) is 2.78. The fraction of sp³-hybridized carbons (Fsp3) is 0.214. The number of anilines is 1. The molecule has 0 radical (unpaired) electrons. The first-order chi connectivity index (χ1) is 9.60. The van der Waals surface area contributed by atoms with Crippen LogP contribution in [0.4, 0.5) is 5.69 Å². The van der Waals surface area contributed by atoms with Gasteiger partial charge in [-0.3, -0.25) is 0 Å². The van der Waals surface area contributed by atoms with Crippen LogP contribution in [0.15, 0.2) is 40.3 Å². The van der Waals surface area contributed by atoms with Crippen molar-refractivity contribution in [2.24, 2.45) is 0 Å². The third-order valence-electron chi connectivity index (χ3n) is 2.41. The summed E-state index contributed by atoms with van der Waals surface area (Å²) in [5.41, 5.74) is 6.36. The van der Waals surface area contributed by atoms with Gasteiger partial charge in [-0.2, -0.15) is 0 Å². The number of ether oxygens (including phenoxy) is 1. The summed E-state index contributed by atoms with van der Waals surface area (Å²) in [6.07, 6.45) is 0.901. The highest BCUT2D eigenvalue weighted by molar-refractivity contribution is 7.99. The molecule has 1 aromatic carbocycles. The van der Waals surface area contributed by atoms with Crippen molar-refractivity contribution >= 4 is 40.7 Å². The molecular formula is C14H14Cl2N2OS. The van der Waals surface area contributed by atoms with Crippen LogP contribution in [0.1, 0.15) is 13.3 Å². The number of aromatic nitrogens is 1. The van der Waals surface area contributed by atoms with Gasteiger partial charge in [-0.15, -0.1) is 0 Å². The lowest BCUT2D eigenvalue weighted by Crippen LogP contribution is -2.01. The summed E-state index contributed by atoms with van der Waals surface area (Å²) in [7, 11) is 0. The Morgan fingerprint density at radius 1 is 1.25 bits per heavy atom. The normalized spacial score (nSPS) is 10.6. The Bertz CT molecular complexity index is 608. The summed E-state index contributed by atoms with van der Waals surface area (Å²) < 4.78 is 5.51. The van der Waals surface area contributed by atoms with Crippen molar-refractivity contribution in [1.82, 2.24) is 4.98 Å². The van der Waals surface area contributed by atoms with Crippen molar-refractivity contribution in [3.8, 4) is 5.88 Å². The Kier molecular flexibility index (Phi) is 5.40. The van der Waals surface area contributed by atoms with E-state index < -0.39 is 0 Å². The number of hydrogen-bond donors (Lipinski definition) is 1. The predicted octanol–water partition coefficient (Wildman–Crippen LogP) is 4.91. The quantitative estimate of drug-likeness (QED) is 0.847. The van der Waals surface area contributed by atoms with Crippen LogP contribution in [-0.2, 0) is 0 Å². The topological polar surface area (TPSA) is 48.1 Å². The van der Waals surface area contributed by atoms with Crippen molar-refractivity contribution in [3.63, 3.8) is 0 Å². The van der Waals surface area contributed by atoms with Crippen LogP contribution in [0.25, 0.3) is 0 Å². The van der Waals surface area contributed by atoms with Crippen molar-refractivity contribution in [2.45, 2.75) is 23.3 Å². The highest BCUT2D eigenvalue weighted by Gasteiger charge is 2.08. The second-order valence-electron chi connectivity index (χ2n) is 4.07. The Morgan fingerprint density at radius 2 is 2.05 bits per heavy atom. The van der Waals surface area contributed by atoms with Gasteiger partial charge in [0.25, 0.3) is 0 Å². The van der Waals surface area contributed by atoms with Gasteiger partial charge in [-0.1, -0.05) is 41.9 Å². The zero-order chi connectivity index (χ0) is 14.5. The number of benzene rings is 1. The first kappa shape index (κ1) is 15.3. The van der Waals surface area contributed by atoms with Crippen LogP contribution >= 0.6 is 35.0 Å². The maximum atomic E-state index is 6.14. The van der Waals surface area contributed by atoms with E-state index in [0.29, 0.717) is 28.2 Å². The second kappa shape index (κ2) is 7.07. The molecule has 1 heterocycles. The largest absolute Gasteiger partial charge is 0.476 e. The molecule has 0 bridgehead atoms. The summed E-state index contributed by atoms with van der Waals surface area (Å²) in [6, 6.07) is 8.92. The number of nitrogens with zero attached hydrogens (tertiary/aromatic N) is 1. The van der Waals surface area contributed by atoms with Crippen LogP contribution in [-0.4, -0.2) is 11.6 Å². The zero-order valence-electron chi connectivity index (χ0n) is 10.9. The maximum Gasteiger partial charge on any atom is 0.238 e. The Labute approximate surface area is 132 Å². The molecule has 0 saturated heterocycles. The number of nitrogen functional groups attached to an aromatic ring is 1. The van der Waals surface area contributed by atoms with Crippen molar-refractivity contribution in [1.29, 1.82) is 0 Å². The monoisotopic (exact) mass is 328 g/mol. The number of halogens is 2. The number of pyridine rings is 1. The Morgan fingerprint density at radius 3 is 2.80 bits per heavy atom. The van der Waals surface area contributed by atoms with Gasteiger partial charge in [0.05, 0.1) is 17.3 Å². The smallest absolute Gasteiger partial charge is 0.238 e. The molecule has 20 heavy (non-hydrogen) atoms. The van der Waals surface area contributed by atoms with E-state index in [1.807, 2.05) is 13.0 Å². The van der Waals surface area contributed by atoms with E-state index in [-0.39, 0.29) is 0 Å². The molecule has 106 valence electrons. The summed E-state index contributed by atoms with van der Waals surface area (Å²) in [5, 5.41) is 2.03. The van der Waals surface area contributed by atoms with Gasteiger partial charge < -0.3 is 10.5 Å². The fourth-order valence-electron chi connectivity index (χ4n) is 1.47. The summed E-state index contributed by atoms with van der Waals surface area (Å²) in [5.74, 6) is 0.454. The molecule has 2 aromatic rings. The van der Waals surface area contributed by atoms with Crippen molar-refractivity contribution < 1.29 is 4.74 Å². The molecule has 0 saturated carbocycles. The van der Waals surface area contributed by atoms with Gasteiger partial charge in [-0.25, -0.2) is 4.98 Å². The molecule has 0 aliphatic carbocycles. The summed E-state index contributed by atoms with van der Waals surface area (Å²) in [4.78, 5) is 5.24. The van der Waals surface area contributed by atoms with Gasteiger partial charge in [-0.05, 0) is 36.8 Å². The van der Waals surface area contributed by atoms with Crippen molar-refractivity contribution in [3.05, 3.63) is 40.4 Å². The Balaban J connectivity index is 2.22.